The lowest BCUT2D eigenvalue weighted by molar-refractivity contribution is -0.120. The molecule has 0 aromatic heterocycles. The molecule has 0 unspecified atom stereocenters. The Labute approximate surface area is 117 Å². The summed E-state index contributed by atoms with van der Waals surface area (Å²) in [4.78, 5) is 24.5. The quantitative estimate of drug-likeness (QED) is 0.780. The van der Waals surface area contributed by atoms with Crippen molar-refractivity contribution in [2.75, 3.05) is 18.1 Å². The van der Waals surface area contributed by atoms with Crippen molar-refractivity contribution in [3.8, 4) is 5.75 Å². The normalized spacial score (nSPS) is 18.7. The van der Waals surface area contributed by atoms with Crippen molar-refractivity contribution in [3.63, 3.8) is 0 Å². The van der Waals surface area contributed by atoms with Gasteiger partial charge in [0.1, 0.15) is 5.75 Å². The van der Waals surface area contributed by atoms with Gasteiger partial charge in [-0.3, -0.25) is 9.59 Å². The maximum Gasteiger partial charge on any atom is 0.227 e. The zero-order valence-corrected chi connectivity index (χ0v) is 11.5. The number of benzene rings is 1. The zero-order valence-electron chi connectivity index (χ0n) is 10.8. The maximum atomic E-state index is 11.8. The van der Waals surface area contributed by atoms with E-state index in [1.807, 2.05) is 31.2 Å². The molecule has 0 saturated carbocycles. The molecule has 0 N–H and O–H groups in total. The van der Waals surface area contributed by atoms with Crippen LogP contribution in [0.3, 0.4) is 0 Å². The number of nitrogens with zero attached hydrogens (tertiary/aromatic N) is 1. The van der Waals surface area contributed by atoms with Crippen LogP contribution in [0.15, 0.2) is 24.3 Å². The highest BCUT2D eigenvalue weighted by Crippen LogP contribution is 2.27. The number of hydrogen-bond acceptors (Lipinski definition) is 3. The van der Waals surface area contributed by atoms with E-state index < -0.39 is 11.2 Å². The molecular formula is C14H16ClNO3. The van der Waals surface area contributed by atoms with E-state index in [2.05, 4.69) is 0 Å². The average Bonchev–Trinajstić information content (AvgIpc) is 2.79. The Morgan fingerprint density at radius 2 is 2.11 bits per heavy atom. The van der Waals surface area contributed by atoms with Gasteiger partial charge >= 0.3 is 0 Å². The number of ether oxygens (including phenoxy) is 1. The third-order valence-corrected chi connectivity index (χ3v) is 3.38. The van der Waals surface area contributed by atoms with Crippen LogP contribution in [0.25, 0.3) is 0 Å². The number of carbonyl (C=O) groups excluding carboxylic acids is 2. The summed E-state index contributed by atoms with van der Waals surface area (Å²) in [5.41, 5.74) is 0.772. The van der Waals surface area contributed by atoms with Crippen molar-refractivity contribution >= 4 is 28.4 Å². The highest BCUT2D eigenvalue weighted by molar-refractivity contribution is 6.64. The lowest BCUT2D eigenvalue weighted by Crippen LogP contribution is -2.25. The van der Waals surface area contributed by atoms with Crippen molar-refractivity contribution in [2.24, 2.45) is 5.92 Å². The van der Waals surface area contributed by atoms with Crippen molar-refractivity contribution < 1.29 is 14.3 Å². The number of anilines is 1. The highest BCUT2D eigenvalue weighted by atomic mass is 35.5. The van der Waals surface area contributed by atoms with E-state index in [0.29, 0.717) is 13.2 Å². The first-order valence-electron chi connectivity index (χ1n) is 6.34. The molecule has 102 valence electrons. The van der Waals surface area contributed by atoms with Crippen molar-refractivity contribution in [1.82, 2.24) is 0 Å². The van der Waals surface area contributed by atoms with Gasteiger partial charge in [0, 0.05) is 18.7 Å². The second kappa shape index (κ2) is 6.06. The first kappa shape index (κ1) is 13.9. The Hall–Kier alpha value is -1.55. The summed E-state index contributed by atoms with van der Waals surface area (Å²) in [5, 5.41) is -0.446. The van der Waals surface area contributed by atoms with Gasteiger partial charge in [0.15, 0.2) is 0 Å². The molecule has 1 heterocycles. The molecule has 5 heteroatoms. The van der Waals surface area contributed by atoms with E-state index in [-0.39, 0.29) is 12.3 Å². The van der Waals surface area contributed by atoms with E-state index in [1.54, 1.807) is 4.90 Å². The molecular weight excluding hydrogens is 266 g/mol. The van der Waals surface area contributed by atoms with Crippen LogP contribution in [-0.2, 0) is 9.59 Å². The summed E-state index contributed by atoms with van der Waals surface area (Å²) >= 11 is 5.45. The molecule has 1 aromatic carbocycles. The Balaban J connectivity index is 2.06. The van der Waals surface area contributed by atoms with Crippen LogP contribution in [0.1, 0.15) is 19.8 Å². The lowest BCUT2D eigenvalue weighted by Gasteiger charge is -2.16. The summed E-state index contributed by atoms with van der Waals surface area (Å²) in [6.45, 7) is 3.07. The summed E-state index contributed by atoms with van der Waals surface area (Å²) in [6.07, 6.45) is 1.14. The fraction of sp³-hybridized carbons (Fsp3) is 0.429. The largest absolute Gasteiger partial charge is 0.494 e. The molecule has 1 fully saturated rings. The maximum absolute atomic E-state index is 11.8. The minimum Gasteiger partial charge on any atom is -0.494 e. The van der Waals surface area contributed by atoms with Crippen LogP contribution in [0.5, 0.6) is 5.75 Å². The van der Waals surface area contributed by atoms with Crippen molar-refractivity contribution in [3.05, 3.63) is 24.3 Å². The number of rotatable bonds is 5. The van der Waals surface area contributed by atoms with Gasteiger partial charge in [-0.15, -0.1) is 0 Å². The summed E-state index contributed by atoms with van der Waals surface area (Å²) in [5.74, 6) is 0.314. The van der Waals surface area contributed by atoms with E-state index in [1.165, 1.54) is 0 Å². The summed E-state index contributed by atoms with van der Waals surface area (Å²) in [6, 6.07) is 7.30. The van der Waals surface area contributed by atoms with Gasteiger partial charge in [0.2, 0.25) is 11.1 Å². The summed E-state index contributed by atoms with van der Waals surface area (Å²) < 4.78 is 5.48. The topological polar surface area (TPSA) is 46.6 Å². The Morgan fingerprint density at radius 3 is 2.63 bits per heavy atom. The third kappa shape index (κ3) is 3.26. The van der Waals surface area contributed by atoms with Crippen LogP contribution < -0.4 is 9.64 Å². The SMILES string of the molecule is CCCOc1ccc(N2C[C@@H](C(=O)Cl)CC2=O)cc1. The highest BCUT2D eigenvalue weighted by Gasteiger charge is 2.34. The zero-order chi connectivity index (χ0) is 13.8. The molecule has 1 saturated heterocycles. The Bertz CT molecular complexity index is 472. The first-order chi connectivity index (χ1) is 9.11. The molecule has 1 amide bonds. The predicted octanol–water partition coefficient (Wildman–Crippen LogP) is 2.59. The predicted molar refractivity (Wildman–Crippen MR) is 73.5 cm³/mol. The molecule has 4 nitrogen and oxygen atoms in total. The number of hydrogen-bond donors (Lipinski definition) is 0. The van der Waals surface area contributed by atoms with Crippen LogP contribution >= 0.6 is 11.6 Å². The first-order valence-corrected chi connectivity index (χ1v) is 6.72. The molecule has 19 heavy (non-hydrogen) atoms. The minimum absolute atomic E-state index is 0.0683. The van der Waals surface area contributed by atoms with Crippen LogP contribution in [0, 0.1) is 5.92 Å². The van der Waals surface area contributed by atoms with Gasteiger partial charge in [0.05, 0.1) is 12.5 Å². The second-order valence-electron chi connectivity index (χ2n) is 4.55. The van der Waals surface area contributed by atoms with Crippen LogP contribution in [0.2, 0.25) is 0 Å². The monoisotopic (exact) mass is 281 g/mol. The molecule has 0 radical (unpaired) electrons. The molecule has 1 aliphatic rings. The van der Waals surface area contributed by atoms with E-state index in [4.69, 9.17) is 16.3 Å². The lowest BCUT2D eigenvalue weighted by atomic mass is 10.1. The van der Waals surface area contributed by atoms with E-state index in [9.17, 15) is 9.59 Å². The van der Waals surface area contributed by atoms with Crippen LogP contribution in [0.4, 0.5) is 5.69 Å². The molecule has 0 aliphatic carbocycles. The molecule has 0 bridgehead atoms. The molecule has 1 atom stereocenters. The van der Waals surface area contributed by atoms with E-state index in [0.717, 1.165) is 17.9 Å². The number of amides is 1. The third-order valence-electron chi connectivity index (χ3n) is 3.07. The van der Waals surface area contributed by atoms with Gasteiger partial charge in [-0.25, -0.2) is 0 Å². The van der Waals surface area contributed by atoms with Crippen LogP contribution in [-0.4, -0.2) is 24.3 Å². The van der Waals surface area contributed by atoms with Crippen molar-refractivity contribution in [1.29, 1.82) is 0 Å². The van der Waals surface area contributed by atoms with Gasteiger partial charge < -0.3 is 9.64 Å². The van der Waals surface area contributed by atoms with Gasteiger partial charge in [0.25, 0.3) is 0 Å². The fourth-order valence-electron chi connectivity index (χ4n) is 2.05. The summed E-state index contributed by atoms with van der Waals surface area (Å²) in [7, 11) is 0. The molecule has 0 spiro atoms. The van der Waals surface area contributed by atoms with Gasteiger partial charge in [-0.05, 0) is 42.3 Å². The molecule has 2 rings (SSSR count). The van der Waals surface area contributed by atoms with Gasteiger partial charge in [-0.2, -0.15) is 0 Å². The van der Waals surface area contributed by atoms with E-state index >= 15 is 0 Å². The van der Waals surface area contributed by atoms with Gasteiger partial charge in [-0.1, -0.05) is 6.92 Å². The minimum atomic E-state index is -0.446. The Kier molecular flexibility index (Phi) is 4.43. The smallest absolute Gasteiger partial charge is 0.227 e. The number of carbonyl (C=O) groups is 2. The average molecular weight is 282 g/mol. The van der Waals surface area contributed by atoms with Crippen molar-refractivity contribution in [2.45, 2.75) is 19.8 Å². The molecule has 1 aromatic rings. The second-order valence-corrected chi connectivity index (χ2v) is 4.92. The number of halogens is 1. The fourth-order valence-corrected chi connectivity index (χ4v) is 2.20. The Morgan fingerprint density at radius 1 is 1.42 bits per heavy atom. The molecule has 1 aliphatic heterocycles. The standard InChI is InChI=1S/C14H16ClNO3/c1-2-7-19-12-5-3-11(4-6-12)16-9-10(14(15)18)8-13(16)17/h3-6,10H,2,7-9H2,1H3/t10-/m0/s1.